The number of aromatic nitrogens is 1. The van der Waals surface area contributed by atoms with Gasteiger partial charge in [0, 0.05) is 34.5 Å². The van der Waals surface area contributed by atoms with E-state index in [1.165, 1.54) is 0 Å². The molecular formula is C19H20N2O4S2. The van der Waals surface area contributed by atoms with Gasteiger partial charge in [0.15, 0.2) is 11.5 Å². The van der Waals surface area contributed by atoms with Crippen molar-refractivity contribution in [1.82, 2.24) is 10.3 Å². The van der Waals surface area contributed by atoms with E-state index in [1.54, 1.807) is 56.1 Å². The molecule has 0 spiro atoms. The first-order valence-electron chi connectivity index (χ1n) is 8.17. The molecule has 0 aliphatic heterocycles. The number of carbonyl (C=O) groups is 1. The summed E-state index contributed by atoms with van der Waals surface area (Å²) in [5, 5.41) is 9.82. The van der Waals surface area contributed by atoms with Crippen LogP contribution in [0.25, 0.3) is 10.6 Å². The maximum absolute atomic E-state index is 12.3. The Morgan fingerprint density at radius 3 is 2.48 bits per heavy atom. The Labute approximate surface area is 165 Å². The quantitative estimate of drug-likeness (QED) is 0.619. The highest BCUT2D eigenvalue weighted by Crippen LogP contribution is 2.34. The van der Waals surface area contributed by atoms with Gasteiger partial charge >= 0.3 is 0 Å². The van der Waals surface area contributed by atoms with Gasteiger partial charge in [-0.2, -0.15) is 11.3 Å². The minimum atomic E-state index is -0.103. The number of amides is 1. The number of carbonyl (C=O) groups excluding carboxylic acids is 1. The van der Waals surface area contributed by atoms with Crippen LogP contribution in [-0.4, -0.2) is 32.2 Å². The molecule has 1 N–H and O–H groups in total. The maximum atomic E-state index is 12.3. The SMILES string of the molecule is COc1cc(OC)c(OC)cc1CNC(=O)Cc1csc(-c2ccsc2)n1. The highest BCUT2D eigenvalue weighted by molar-refractivity contribution is 7.14. The molecule has 0 saturated carbocycles. The van der Waals surface area contributed by atoms with Crippen molar-refractivity contribution < 1.29 is 19.0 Å². The van der Waals surface area contributed by atoms with Crippen LogP contribution in [0, 0.1) is 0 Å². The van der Waals surface area contributed by atoms with E-state index in [4.69, 9.17) is 14.2 Å². The van der Waals surface area contributed by atoms with Crippen molar-refractivity contribution in [1.29, 1.82) is 0 Å². The van der Waals surface area contributed by atoms with Gasteiger partial charge in [0.25, 0.3) is 0 Å². The van der Waals surface area contributed by atoms with E-state index in [0.29, 0.717) is 23.8 Å². The molecule has 0 aliphatic rings. The van der Waals surface area contributed by atoms with Crippen molar-refractivity contribution in [2.45, 2.75) is 13.0 Å². The van der Waals surface area contributed by atoms with Crippen LogP contribution in [0.15, 0.2) is 34.3 Å². The molecule has 142 valence electrons. The summed E-state index contributed by atoms with van der Waals surface area (Å²) in [5.74, 6) is 1.69. The zero-order chi connectivity index (χ0) is 19.2. The molecule has 0 saturated heterocycles. The Hall–Kier alpha value is -2.58. The van der Waals surface area contributed by atoms with E-state index in [9.17, 15) is 4.79 Å². The number of benzene rings is 1. The number of ether oxygens (including phenoxy) is 3. The average Bonchev–Trinajstić information content (AvgIpc) is 3.37. The lowest BCUT2D eigenvalue weighted by Crippen LogP contribution is -2.25. The fourth-order valence-corrected chi connectivity index (χ4v) is 4.09. The van der Waals surface area contributed by atoms with E-state index in [1.807, 2.05) is 22.2 Å². The molecule has 0 unspecified atom stereocenters. The van der Waals surface area contributed by atoms with Gasteiger partial charge < -0.3 is 19.5 Å². The summed E-state index contributed by atoms with van der Waals surface area (Å²) in [6.07, 6.45) is 0.232. The molecule has 6 nitrogen and oxygen atoms in total. The third-order valence-corrected chi connectivity index (χ3v) is 5.55. The fraction of sp³-hybridized carbons (Fsp3) is 0.263. The van der Waals surface area contributed by atoms with Gasteiger partial charge in [-0.1, -0.05) is 0 Å². The van der Waals surface area contributed by atoms with Crippen LogP contribution in [0.5, 0.6) is 17.2 Å². The van der Waals surface area contributed by atoms with Crippen molar-refractivity contribution >= 4 is 28.6 Å². The summed E-state index contributed by atoms with van der Waals surface area (Å²) in [5.41, 5.74) is 2.66. The van der Waals surface area contributed by atoms with Crippen molar-refractivity contribution in [2.75, 3.05) is 21.3 Å². The lowest BCUT2D eigenvalue weighted by atomic mass is 10.1. The van der Waals surface area contributed by atoms with Crippen molar-refractivity contribution in [3.05, 3.63) is 45.6 Å². The zero-order valence-electron chi connectivity index (χ0n) is 15.3. The lowest BCUT2D eigenvalue weighted by molar-refractivity contribution is -0.120. The maximum Gasteiger partial charge on any atom is 0.226 e. The van der Waals surface area contributed by atoms with Crippen LogP contribution in [0.3, 0.4) is 0 Å². The number of rotatable bonds is 8. The summed E-state index contributed by atoms with van der Waals surface area (Å²) < 4.78 is 16.0. The molecule has 2 heterocycles. The Morgan fingerprint density at radius 2 is 1.81 bits per heavy atom. The van der Waals surface area contributed by atoms with Gasteiger partial charge in [-0.05, 0) is 17.5 Å². The van der Waals surface area contributed by atoms with E-state index in [-0.39, 0.29) is 12.3 Å². The van der Waals surface area contributed by atoms with Gasteiger partial charge in [-0.25, -0.2) is 4.98 Å². The highest BCUT2D eigenvalue weighted by atomic mass is 32.1. The number of methoxy groups -OCH3 is 3. The van der Waals surface area contributed by atoms with Crippen LogP contribution < -0.4 is 19.5 Å². The minimum Gasteiger partial charge on any atom is -0.496 e. The molecule has 27 heavy (non-hydrogen) atoms. The molecule has 8 heteroatoms. The molecule has 3 rings (SSSR count). The number of thiazole rings is 1. The molecule has 1 aromatic carbocycles. The second-order valence-corrected chi connectivity index (χ2v) is 7.27. The normalized spacial score (nSPS) is 10.5. The molecule has 1 amide bonds. The lowest BCUT2D eigenvalue weighted by Gasteiger charge is -2.14. The van der Waals surface area contributed by atoms with Crippen LogP contribution in [0.4, 0.5) is 0 Å². The molecule has 0 radical (unpaired) electrons. The van der Waals surface area contributed by atoms with Crippen LogP contribution >= 0.6 is 22.7 Å². The summed E-state index contributed by atoms with van der Waals surface area (Å²) in [6, 6.07) is 5.57. The molecule has 0 fully saturated rings. The van der Waals surface area contributed by atoms with Crippen molar-refractivity contribution in [3.63, 3.8) is 0 Å². The largest absolute Gasteiger partial charge is 0.496 e. The van der Waals surface area contributed by atoms with Crippen LogP contribution in [0.2, 0.25) is 0 Å². The van der Waals surface area contributed by atoms with E-state index < -0.39 is 0 Å². The minimum absolute atomic E-state index is 0.103. The molecule has 0 aliphatic carbocycles. The van der Waals surface area contributed by atoms with Crippen molar-refractivity contribution in [2.24, 2.45) is 0 Å². The van der Waals surface area contributed by atoms with Crippen LogP contribution in [0.1, 0.15) is 11.3 Å². The fourth-order valence-electron chi connectivity index (χ4n) is 2.56. The van der Waals surface area contributed by atoms with Gasteiger partial charge in [-0.3, -0.25) is 4.79 Å². The first-order valence-corrected chi connectivity index (χ1v) is 9.99. The summed E-state index contributed by atoms with van der Waals surface area (Å²) >= 11 is 3.17. The molecule has 2 aromatic heterocycles. The predicted molar refractivity (Wildman–Crippen MR) is 107 cm³/mol. The second kappa shape index (κ2) is 8.88. The van der Waals surface area contributed by atoms with E-state index in [2.05, 4.69) is 10.3 Å². The smallest absolute Gasteiger partial charge is 0.226 e. The summed E-state index contributed by atoms with van der Waals surface area (Å²) in [6.45, 7) is 0.323. The number of thiophene rings is 1. The average molecular weight is 405 g/mol. The summed E-state index contributed by atoms with van der Waals surface area (Å²) in [4.78, 5) is 16.9. The first-order chi connectivity index (χ1) is 13.1. The number of hydrogen-bond acceptors (Lipinski definition) is 7. The van der Waals surface area contributed by atoms with E-state index in [0.717, 1.165) is 21.8 Å². The van der Waals surface area contributed by atoms with Gasteiger partial charge in [-0.15, -0.1) is 11.3 Å². The van der Waals surface area contributed by atoms with Gasteiger partial charge in [0.05, 0.1) is 33.4 Å². The molecule has 0 bridgehead atoms. The highest BCUT2D eigenvalue weighted by Gasteiger charge is 2.14. The first kappa shape index (κ1) is 19.2. The Balaban J connectivity index is 1.64. The molecule has 3 aromatic rings. The Kier molecular flexibility index (Phi) is 6.31. The second-order valence-electron chi connectivity index (χ2n) is 5.63. The van der Waals surface area contributed by atoms with Gasteiger partial charge in [0.2, 0.25) is 5.91 Å². The molecular weight excluding hydrogens is 384 g/mol. The van der Waals surface area contributed by atoms with Crippen molar-refractivity contribution in [3.8, 4) is 27.8 Å². The Morgan fingerprint density at radius 1 is 1.07 bits per heavy atom. The van der Waals surface area contributed by atoms with E-state index >= 15 is 0 Å². The zero-order valence-corrected chi connectivity index (χ0v) is 16.9. The monoisotopic (exact) mass is 404 g/mol. The molecule has 0 atom stereocenters. The number of nitrogens with zero attached hydrogens (tertiary/aromatic N) is 1. The van der Waals surface area contributed by atoms with Crippen LogP contribution in [-0.2, 0) is 17.8 Å². The van der Waals surface area contributed by atoms with Gasteiger partial charge in [0.1, 0.15) is 10.8 Å². The number of nitrogens with one attached hydrogen (secondary N) is 1. The Bertz CT molecular complexity index is 907. The summed E-state index contributed by atoms with van der Waals surface area (Å²) in [7, 11) is 4.71. The third-order valence-electron chi connectivity index (χ3n) is 3.92. The number of hydrogen-bond donors (Lipinski definition) is 1. The third kappa shape index (κ3) is 4.58. The predicted octanol–water partition coefficient (Wildman–Crippen LogP) is 3.76. The standard InChI is InChI=1S/C19H20N2O4S2/c1-23-15-8-17(25-3)16(24-2)6-13(15)9-20-18(22)7-14-11-27-19(21-14)12-4-5-26-10-12/h4-6,8,10-11H,7,9H2,1-3H3,(H,20,22). The topological polar surface area (TPSA) is 69.7 Å².